The van der Waals surface area contributed by atoms with E-state index in [1.165, 1.54) is 26.5 Å². The van der Waals surface area contributed by atoms with E-state index in [2.05, 4.69) is 128 Å². The quantitative estimate of drug-likeness (QED) is 0.197. The van der Waals surface area contributed by atoms with Crippen molar-refractivity contribution in [2.75, 3.05) is 6.79 Å². The van der Waals surface area contributed by atoms with Crippen molar-refractivity contribution in [3.63, 3.8) is 0 Å². The second-order valence-electron chi connectivity index (χ2n) is 16.5. The van der Waals surface area contributed by atoms with E-state index in [4.69, 9.17) is 9.47 Å². The smallest absolute Gasteiger partial charge is 0.230 e. The van der Waals surface area contributed by atoms with E-state index in [1.54, 1.807) is 0 Å². The van der Waals surface area contributed by atoms with Gasteiger partial charge in [-0.1, -0.05) is 101 Å². The Hall–Kier alpha value is -2.24. The van der Waals surface area contributed by atoms with Crippen LogP contribution in [0.2, 0.25) is 0 Å². The van der Waals surface area contributed by atoms with Gasteiger partial charge in [0.15, 0.2) is 0 Å². The molecule has 0 aromatic heterocycles. The molecule has 0 amide bonds. The van der Waals surface area contributed by atoms with Gasteiger partial charge in [-0.2, -0.15) is 0 Å². The molecule has 0 unspecified atom stereocenters. The Morgan fingerprint density at radius 3 is 1.27 bits per heavy atom. The first-order valence-corrected chi connectivity index (χ1v) is 17.3. The predicted octanol–water partition coefficient (Wildman–Crippen LogP) is 11.9. The third kappa shape index (κ3) is 9.39. The van der Waals surface area contributed by atoms with Gasteiger partial charge in [0.25, 0.3) is 0 Å². The first kappa shape index (κ1) is 36.2. The summed E-state index contributed by atoms with van der Waals surface area (Å²) < 4.78 is 12.3. The fraction of sp³-hybridized carbons (Fsp3) is 0.538. The van der Waals surface area contributed by atoms with Gasteiger partial charge >= 0.3 is 0 Å². The Labute approximate surface area is 276 Å². The average Bonchev–Trinajstić information content (AvgIpc) is 2.83. The highest BCUT2D eigenvalue weighted by molar-refractivity contribution is 8.18. The number of phenolic OH excluding ortho intramolecular Hbond substituents is 1. The minimum absolute atomic E-state index is 0.132. The van der Waals surface area contributed by atoms with E-state index in [-0.39, 0.29) is 32.5 Å². The van der Waals surface area contributed by atoms with E-state index in [9.17, 15) is 5.11 Å². The molecular weight excluding hydrogens is 581 g/mol. The van der Waals surface area contributed by atoms with Gasteiger partial charge in [0.1, 0.15) is 17.2 Å². The van der Waals surface area contributed by atoms with E-state index < -0.39 is 0 Å². The summed E-state index contributed by atoms with van der Waals surface area (Å²) >= 11 is 3.73. The topological polar surface area (TPSA) is 38.7 Å². The molecule has 3 nitrogen and oxygen atoms in total. The lowest BCUT2D eigenvalue weighted by Gasteiger charge is -2.32. The third-order valence-corrected chi connectivity index (χ3v) is 9.98. The second-order valence-corrected chi connectivity index (χ2v) is 20.2. The van der Waals surface area contributed by atoms with Gasteiger partial charge in [0.2, 0.25) is 6.79 Å². The van der Waals surface area contributed by atoms with Crippen LogP contribution in [0.25, 0.3) is 0 Å². The van der Waals surface area contributed by atoms with Gasteiger partial charge in [-0.25, -0.2) is 0 Å². The van der Waals surface area contributed by atoms with Gasteiger partial charge in [-0.05, 0) is 78.8 Å². The zero-order valence-corrected chi connectivity index (χ0v) is 31.5. The summed E-state index contributed by atoms with van der Waals surface area (Å²) in [7, 11) is 0. The van der Waals surface area contributed by atoms with Crippen LogP contribution in [0.3, 0.4) is 0 Å². The number of rotatable bonds is 8. The van der Waals surface area contributed by atoms with Crippen molar-refractivity contribution in [3.05, 3.63) is 76.3 Å². The Bertz CT molecular complexity index is 1370. The van der Waals surface area contributed by atoms with Crippen molar-refractivity contribution in [3.8, 4) is 17.2 Å². The maximum Gasteiger partial charge on any atom is 0.230 e. The van der Waals surface area contributed by atoms with Gasteiger partial charge in [-0.3, -0.25) is 0 Å². The fourth-order valence-corrected chi connectivity index (χ4v) is 7.71. The lowest BCUT2D eigenvalue weighted by Crippen LogP contribution is -2.22. The molecule has 3 rings (SSSR count). The molecule has 0 bridgehead atoms. The van der Waals surface area contributed by atoms with E-state index in [0.29, 0.717) is 5.75 Å². The number of aryl methyl sites for hydroxylation is 1. The molecule has 0 spiro atoms. The molecule has 0 fully saturated rings. The number of thioether (sulfide) groups is 2. The average molecular weight is 637 g/mol. The van der Waals surface area contributed by atoms with Crippen molar-refractivity contribution >= 4 is 23.5 Å². The van der Waals surface area contributed by atoms with Crippen molar-refractivity contribution in [1.29, 1.82) is 0 Å². The van der Waals surface area contributed by atoms with Gasteiger partial charge in [0, 0.05) is 32.0 Å². The summed E-state index contributed by atoms with van der Waals surface area (Å²) in [5.41, 5.74) is 4.94. The Morgan fingerprint density at radius 1 is 0.545 bits per heavy atom. The maximum absolute atomic E-state index is 11.3. The normalized spacial score (nSPS) is 13.2. The lowest BCUT2D eigenvalue weighted by atomic mass is 9.79. The molecule has 1 N–H and O–H groups in total. The first-order valence-electron chi connectivity index (χ1n) is 15.7. The molecule has 0 atom stereocenters. The highest BCUT2D eigenvalue weighted by Gasteiger charge is 2.32. The molecule has 44 heavy (non-hydrogen) atoms. The highest BCUT2D eigenvalue weighted by Crippen LogP contribution is 2.51. The lowest BCUT2D eigenvalue weighted by molar-refractivity contribution is 0.115. The number of hydrogen-bond acceptors (Lipinski definition) is 5. The fourth-order valence-electron chi connectivity index (χ4n) is 5.12. The van der Waals surface area contributed by atoms with Crippen LogP contribution in [0.1, 0.15) is 125 Å². The van der Waals surface area contributed by atoms with Gasteiger partial charge in [0.05, 0.1) is 4.08 Å². The molecule has 0 aliphatic rings. The van der Waals surface area contributed by atoms with E-state index in [0.717, 1.165) is 22.6 Å². The number of aromatic hydroxyl groups is 1. The van der Waals surface area contributed by atoms with Gasteiger partial charge in [-0.15, -0.1) is 23.5 Å². The number of hydrogen-bond donors (Lipinski definition) is 1. The van der Waals surface area contributed by atoms with Crippen molar-refractivity contribution in [1.82, 2.24) is 0 Å². The molecule has 0 radical (unpaired) electrons. The summed E-state index contributed by atoms with van der Waals surface area (Å²) in [5.74, 6) is 2.14. The summed E-state index contributed by atoms with van der Waals surface area (Å²) in [5, 5.41) is 11.3. The molecule has 0 saturated carbocycles. The largest absolute Gasteiger partial charge is 0.507 e. The summed E-state index contributed by atoms with van der Waals surface area (Å²) in [6.07, 6.45) is 0. The molecule has 3 aromatic carbocycles. The molecule has 0 heterocycles. The molecule has 3 aromatic rings. The molecule has 5 heteroatoms. The number of ether oxygens (including phenoxy) is 2. The first-order chi connectivity index (χ1) is 19.9. The van der Waals surface area contributed by atoms with Crippen LogP contribution in [0.5, 0.6) is 17.2 Å². The summed E-state index contributed by atoms with van der Waals surface area (Å²) in [4.78, 5) is 2.39. The van der Waals surface area contributed by atoms with Crippen LogP contribution in [-0.4, -0.2) is 16.0 Å². The Kier molecular flexibility index (Phi) is 10.6. The zero-order valence-electron chi connectivity index (χ0n) is 29.9. The molecule has 0 saturated heterocycles. The zero-order chi connectivity index (χ0) is 33.5. The molecule has 0 aliphatic heterocycles. The van der Waals surface area contributed by atoms with E-state index >= 15 is 0 Å². The van der Waals surface area contributed by atoms with Crippen LogP contribution in [-0.2, 0) is 21.7 Å². The van der Waals surface area contributed by atoms with Crippen LogP contribution in [0.4, 0.5) is 0 Å². The molecular formula is C39H56O3S2. The second kappa shape index (κ2) is 12.9. The monoisotopic (exact) mass is 636 g/mol. The minimum atomic E-state index is -0.178. The minimum Gasteiger partial charge on any atom is -0.507 e. The standard InChI is InChI=1S/C39H56O3S2/c1-25-16-18-26(19-17-25)41-24-42-34-31(37(8,9)10)22-28(23-32(34)38(11,12)13)44-39(14,15)43-27-20-29(35(2,3)4)33(40)30(21-27)36(5,6)7/h16-23,40H,24H2,1-15H3. The molecule has 242 valence electrons. The predicted molar refractivity (Wildman–Crippen MR) is 192 cm³/mol. The van der Waals surface area contributed by atoms with Crippen LogP contribution in [0, 0.1) is 6.92 Å². The Balaban J connectivity index is 2.01. The highest BCUT2D eigenvalue weighted by atomic mass is 32.2. The number of phenols is 1. The number of benzene rings is 3. The summed E-state index contributed by atoms with van der Waals surface area (Å²) in [6.45, 7) is 33.3. The summed E-state index contributed by atoms with van der Waals surface area (Å²) in [6, 6.07) is 17.0. The molecule has 0 aliphatic carbocycles. The van der Waals surface area contributed by atoms with Crippen LogP contribution >= 0.6 is 23.5 Å². The van der Waals surface area contributed by atoms with Crippen LogP contribution in [0.15, 0.2) is 58.3 Å². The third-order valence-electron chi connectivity index (χ3n) is 7.56. The maximum atomic E-state index is 11.3. The van der Waals surface area contributed by atoms with Gasteiger partial charge < -0.3 is 14.6 Å². The van der Waals surface area contributed by atoms with E-state index in [1.807, 2.05) is 47.8 Å². The van der Waals surface area contributed by atoms with Crippen molar-refractivity contribution in [2.24, 2.45) is 0 Å². The van der Waals surface area contributed by atoms with Crippen molar-refractivity contribution < 1.29 is 14.6 Å². The Morgan fingerprint density at radius 2 is 0.909 bits per heavy atom. The van der Waals surface area contributed by atoms with Crippen molar-refractivity contribution in [2.45, 2.75) is 139 Å². The van der Waals surface area contributed by atoms with Crippen LogP contribution < -0.4 is 9.47 Å². The SMILES string of the molecule is Cc1ccc(OCOc2c(C(C)(C)C)cc(SC(C)(C)Sc3cc(C(C)(C)C)c(O)c(C(C)(C)C)c3)cc2C(C)(C)C)cc1.